The van der Waals surface area contributed by atoms with Gasteiger partial charge in [-0.15, -0.1) is 0 Å². The number of anilines is 2. The molecule has 3 heterocycles. The van der Waals surface area contributed by atoms with Crippen molar-refractivity contribution in [2.75, 3.05) is 62.8 Å². The minimum atomic E-state index is 0.0704. The van der Waals surface area contributed by atoms with Crippen LogP contribution in [0.4, 0.5) is 11.5 Å². The van der Waals surface area contributed by atoms with E-state index >= 15 is 0 Å². The van der Waals surface area contributed by atoms with Crippen molar-refractivity contribution in [2.45, 2.75) is 6.42 Å². The van der Waals surface area contributed by atoms with Gasteiger partial charge in [0.25, 0.3) is 0 Å². The van der Waals surface area contributed by atoms with Crippen molar-refractivity contribution in [2.24, 2.45) is 0 Å². The molecule has 0 spiro atoms. The summed E-state index contributed by atoms with van der Waals surface area (Å²) in [6.45, 7) is 5.84. The molecule has 0 radical (unpaired) electrons. The van der Waals surface area contributed by atoms with Crippen LogP contribution in [-0.4, -0.2) is 73.8 Å². The van der Waals surface area contributed by atoms with Gasteiger partial charge in [0.05, 0.1) is 19.4 Å². The zero-order valence-corrected chi connectivity index (χ0v) is 13.4. The van der Waals surface area contributed by atoms with E-state index in [0.29, 0.717) is 18.7 Å². The molecule has 0 aromatic carbocycles. The van der Waals surface area contributed by atoms with Crippen molar-refractivity contribution >= 4 is 29.0 Å². The number of fused-ring (bicyclic) bond motifs is 1. The van der Waals surface area contributed by atoms with Gasteiger partial charge < -0.3 is 14.5 Å². The van der Waals surface area contributed by atoms with Crippen LogP contribution < -0.4 is 9.80 Å². The van der Waals surface area contributed by atoms with Crippen LogP contribution in [0.5, 0.6) is 0 Å². The number of hydrogen-bond acceptors (Lipinski definition) is 6. The average Bonchev–Trinajstić information content (AvgIpc) is 2.65. The van der Waals surface area contributed by atoms with E-state index < -0.39 is 0 Å². The minimum Gasteiger partial charge on any atom is -0.379 e. The summed E-state index contributed by atoms with van der Waals surface area (Å²) in [4.78, 5) is 26.6. The fourth-order valence-electron chi connectivity index (χ4n) is 2.76. The number of aromatic nitrogens is 2. The Morgan fingerprint density at radius 3 is 2.82 bits per heavy atom. The Balaban J connectivity index is 1.77. The lowest BCUT2D eigenvalue weighted by Gasteiger charge is -2.30. The fourth-order valence-corrected chi connectivity index (χ4v) is 2.89. The van der Waals surface area contributed by atoms with Gasteiger partial charge in [0.15, 0.2) is 5.82 Å². The first-order valence-corrected chi connectivity index (χ1v) is 7.87. The monoisotopic (exact) mass is 325 g/mol. The Kier molecular flexibility index (Phi) is 4.75. The van der Waals surface area contributed by atoms with E-state index in [1.165, 1.54) is 0 Å². The molecule has 1 fully saturated rings. The molecule has 120 valence electrons. The summed E-state index contributed by atoms with van der Waals surface area (Å²) in [5.41, 5.74) is 0.717. The van der Waals surface area contributed by atoms with E-state index in [9.17, 15) is 4.79 Å². The molecule has 1 aromatic heterocycles. The van der Waals surface area contributed by atoms with Crippen LogP contribution in [0.15, 0.2) is 6.20 Å². The third kappa shape index (κ3) is 3.31. The molecule has 2 aliphatic heterocycles. The van der Waals surface area contributed by atoms with Gasteiger partial charge in [0, 0.05) is 46.2 Å². The molecular formula is C14H20ClN5O2. The van der Waals surface area contributed by atoms with Gasteiger partial charge in [0.1, 0.15) is 5.69 Å². The van der Waals surface area contributed by atoms with Gasteiger partial charge in [-0.1, -0.05) is 0 Å². The molecule has 7 nitrogen and oxygen atoms in total. The summed E-state index contributed by atoms with van der Waals surface area (Å²) in [5.74, 6) is 0.808. The summed E-state index contributed by atoms with van der Waals surface area (Å²) in [5, 5.41) is 0.206. The molecule has 0 unspecified atom stereocenters. The van der Waals surface area contributed by atoms with Crippen LogP contribution in [0.1, 0.15) is 6.42 Å². The number of amides is 1. The predicted octanol–water partition coefficient (Wildman–Crippen LogP) is 0.635. The highest BCUT2D eigenvalue weighted by atomic mass is 35.5. The van der Waals surface area contributed by atoms with E-state index in [0.717, 1.165) is 45.2 Å². The van der Waals surface area contributed by atoms with E-state index in [1.54, 1.807) is 18.1 Å². The molecule has 0 N–H and O–H groups in total. The molecule has 2 aliphatic rings. The van der Waals surface area contributed by atoms with Crippen LogP contribution in [0.2, 0.25) is 5.28 Å². The maximum Gasteiger partial charge on any atom is 0.228 e. The van der Waals surface area contributed by atoms with Crippen LogP contribution in [0.3, 0.4) is 0 Å². The average molecular weight is 326 g/mol. The maximum atomic E-state index is 12.1. The van der Waals surface area contributed by atoms with Crippen molar-refractivity contribution in [1.29, 1.82) is 0 Å². The van der Waals surface area contributed by atoms with E-state index in [-0.39, 0.29) is 11.2 Å². The second-order valence-electron chi connectivity index (χ2n) is 5.49. The van der Waals surface area contributed by atoms with Crippen LogP contribution in [0.25, 0.3) is 0 Å². The predicted molar refractivity (Wildman–Crippen MR) is 84.5 cm³/mol. The van der Waals surface area contributed by atoms with Gasteiger partial charge in [-0.05, 0) is 11.6 Å². The van der Waals surface area contributed by atoms with Gasteiger partial charge in [-0.3, -0.25) is 9.69 Å². The number of ether oxygens (including phenoxy) is 1. The molecule has 8 heteroatoms. The summed E-state index contributed by atoms with van der Waals surface area (Å²) < 4.78 is 5.37. The highest BCUT2D eigenvalue weighted by Crippen LogP contribution is 2.30. The smallest absolute Gasteiger partial charge is 0.228 e. The molecule has 1 saturated heterocycles. The largest absolute Gasteiger partial charge is 0.379 e. The third-order valence-corrected chi connectivity index (χ3v) is 4.32. The Morgan fingerprint density at radius 1 is 1.27 bits per heavy atom. The van der Waals surface area contributed by atoms with Crippen LogP contribution >= 0.6 is 11.6 Å². The summed E-state index contributed by atoms with van der Waals surface area (Å²) in [7, 11) is 1.75. The van der Waals surface area contributed by atoms with Crippen LogP contribution in [-0.2, 0) is 9.53 Å². The number of carbonyl (C=O) groups is 1. The first kappa shape index (κ1) is 15.5. The number of morpholine rings is 1. The third-order valence-electron chi connectivity index (χ3n) is 4.14. The zero-order valence-electron chi connectivity index (χ0n) is 12.7. The first-order chi connectivity index (χ1) is 10.6. The number of hydrogen-bond donors (Lipinski definition) is 0. The number of carbonyl (C=O) groups excluding carboxylic acids is 1. The second-order valence-corrected chi connectivity index (χ2v) is 5.83. The Morgan fingerprint density at radius 2 is 2.05 bits per heavy atom. The van der Waals surface area contributed by atoms with Crippen molar-refractivity contribution in [3.05, 3.63) is 11.5 Å². The molecule has 0 bridgehead atoms. The number of halogens is 1. The summed E-state index contributed by atoms with van der Waals surface area (Å²) in [6, 6.07) is 0. The normalized spacial score (nSPS) is 20.0. The van der Waals surface area contributed by atoms with E-state index in [1.807, 2.05) is 0 Å². The fraction of sp³-hybridized carbons (Fsp3) is 0.643. The maximum absolute atomic E-state index is 12.1. The lowest BCUT2D eigenvalue weighted by atomic mass is 10.3. The summed E-state index contributed by atoms with van der Waals surface area (Å²) in [6.07, 6.45) is 2.09. The molecule has 3 rings (SSSR count). The van der Waals surface area contributed by atoms with Crippen molar-refractivity contribution in [3.63, 3.8) is 0 Å². The number of rotatable bonds is 3. The lowest BCUT2D eigenvalue weighted by Crippen LogP contribution is -2.42. The van der Waals surface area contributed by atoms with Crippen LogP contribution in [0, 0.1) is 0 Å². The molecule has 22 heavy (non-hydrogen) atoms. The topological polar surface area (TPSA) is 61.8 Å². The molecule has 0 aliphatic carbocycles. The van der Waals surface area contributed by atoms with E-state index in [4.69, 9.17) is 16.3 Å². The Bertz CT molecular complexity index is 550. The molecule has 0 saturated carbocycles. The SMILES string of the molecule is CN1C(=O)CCN(CCN2CCOCC2)c2nc(Cl)ncc21. The molecule has 1 aromatic rings. The van der Waals surface area contributed by atoms with Gasteiger partial charge >= 0.3 is 0 Å². The van der Waals surface area contributed by atoms with Gasteiger partial charge in [0.2, 0.25) is 11.2 Å². The quantitative estimate of drug-likeness (QED) is 0.760. The van der Waals surface area contributed by atoms with Crippen molar-refractivity contribution in [3.8, 4) is 0 Å². The zero-order chi connectivity index (χ0) is 15.5. The second kappa shape index (κ2) is 6.76. The lowest BCUT2D eigenvalue weighted by molar-refractivity contribution is -0.118. The van der Waals surface area contributed by atoms with Crippen molar-refractivity contribution in [1.82, 2.24) is 14.9 Å². The molecular weight excluding hydrogens is 306 g/mol. The highest BCUT2D eigenvalue weighted by Gasteiger charge is 2.26. The Labute approximate surface area is 134 Å². The minimum absolute atomic E-state index is 0.0704. The highest BCUT2D eigenvalue weighted by molar-refractivity contribution is 6.28. The molecule has 0 atom stereocenters. The summed E-state index contributed by atoms with van der Waals surface area (Å²) >= 11 is 5.95. The van der Waals surface area contributed by atoms with Gasteiger partial charge in [-0.25, -0.2) is 4.98 Å². The molecule has 1 amide bonds. The van der Waals surface area contributed by atoms with E-state index in [2.05, 4.69) is 19.8 Å². The Hall–Kier alpha value is -1.44. The first-order valence-electron chi connectivity index (χ1n) is 7.49. The van der Waals surface area contributed by atoms with Gasteiger partial charge in [-0.2, -0.15) is 4.98 Å². The number of nitrogens with zero attached hydrogens (tertiary/aromatic N) is 5. The van der Waals surface area contributed by atoms with Crippen molar-refractivity contribution < 1.29 is 9.53 Å². The standard InChI is InChI=1S/C14H20ClN5O2/c1-18-11-10-16-14(15)17-13(11)20(3-2-12(18)21)5-4-19-6-8-22-9-7-19/h10H,2-9H2,1H3.